The number of nitrogen functional groups attached to an aromatic ring is 1. The van der Waals surface area contributed by atoms with Crippen LogP contribution in [0, 0.1) is 6.92 Å². The van der Waals surface area contributed by atoms with Crippen molar-refractivity contribution in [3.05, 3.63) is 28.1 Å². The summed E-state index contributed by atoms with van der Waals surface area (Å²) >= 11 is 1.52. The molecule has 0 fully saturated rings. The van der Waals surface area contributed by atoms with Crippen LogP contribution < -0.4 is 10.6 Å². The van der Waals surface area contributed by atoms with Crippen LogP contribution in [0.1, 0.15) is 35.3 Å². The number of hydrogen-bond acceptors (Lipinski definition) is 4. The molecule has 4 nitrogen and oxygen atoms in total. The van der Waals surface area contributed by atoms with Gasteiger partial charge in [0.05, 0.1) is 17.3 Å². The molecule has 0 saturated heterocycles. The molecule has 1 unspecified atom stereocenters. The van der Waals surface area contributed by atoms with E-state index < -0.39 is 0 Å². The Morgan fingerprint density at radius 1 is 1.43 bits per heavy atom. The summed E-state index contributed by atoms with van der Waals surface area (Å²) in [7, 11) is 0. The van der Waals surface area contributed by atoms with Gasteiger partial charge < -0.3 is 10.6 Å². The Morgan fingerprint density at radius 3 is 2.95 bits per heavy atom. The number of hydrogen-bond donors (Lipinski definition) is 1. The average molecular weight is 299 g/mol. The SMILES string of the molecule is Cc1sc(N)nc1-c1cc2c3c(c1)C(C)C(=O)N3CCC2. The molecule has 3 heterocycles. The predicted molar refractivity (Wildman–Crippen MR) is 85.8 cm³/mol. The van der Waals surface area contributed by atoms with Crippen LogP contribution in [0.2, 0.25) is 0 Å². The summed E-state index contributed by atoms with van der Waals surface area (Å²) in [6.45, 7) is 4.90. The second kappa shape index (κ2) is 4.31. The van der Waals surface area contributed by atoms with Crippen molar-refractivity contribution in [3.8, 4) is 11.3 Å². The van der Waals surface area contributed by atoms with E-state index in [0.29, 0.717) is 5.13 Å². The van der Waals surface area contributed by atoms with Crippen LogP contribution in [0.4, 0.5) is 10.8 Å². The summed E-state index contributed by atoms with van der Waals surface area (Å²) < 4.78 is 0. The van der Waals surface area contributed by atoms with E-state index in [-0.39, 0.29) is 11.8 Å². The summed E-state index contributed by atoms with van der Waals surface area (Å²) in [5.74, 6) is 0.186. The van der Waals surface area contributed by atoms with Crippen molar-refractivity contribution in [1.82, 2.24) is 4.98 Å². The molecule has 2 N–H and O–H groups in total. The van der Waals surface area contributed by atoms with Crippen molar-refractivity contribution in [2.75, 3.05) is 17.2 Å². The maximum Gasteiger partial charge on any atom is 0.234 e. The highest BCUT2D eigenvalue weighted by molar-refractivity contribution is 7.15. The Bertz CT molecular complexity index is 765. The highest BCUT2D eigenvalue weighted by Crippen LogP contribution is 2.45. The molecule has 5 heteroatoms. The van der Waals surface area contributed by atoms with E-state index in [2.05, 4.69) is 17.1 Å². The maximum atomic E-state index is 12.4. The third-order valence-corrected chi connectivity index (χ3v) is 5.31. The first kappa shape index (κ1) is 12.8. The summed E-state index contributed by atoms with van der Waals surface area (Å²) in [4.78, 5) is 19.9. The lowest BCUT2D eigenvalue weighted by molar-refractivity contribution is -0.119. The second-order valence-electron chi connectivity index (χ2n) is 5.85. The number of aryl methyl sites for hydroxylation is 2. The molecule has 1 aromatic carbocycles. The van der Waals surface area contributed by atoms with Gasteiger partial charge in [0.15, 0.2) is 5.13 Å². The minimum absolute atomic E-state index is 0.0481. The zero-order valence-electron chi connectivity index (χ0n) is 12.1. The first-order valence-corrected chi connectivity index (χ1v) is 8.09. The second-order valence-corrected chi connectivity index (χ2v) is 7.08. The van der Waals surface area contributed by atoms with E-state index in [1.54, 1.807) is 0 Å². The third-order valence-electron chi connectivity index (χ3n) is 4.51. The van der Waals surface area contributed by atoms with E-state index in [1.165, 1.54) is 16.9 Å². The fraction of sp³-hybridized carbons (Fsp3) is 0.375. The van der Waals surface area contributed by atoms with Gasteiger partial charge in [0.25, 0.3) is 0 Å². The Hall–Kier alpha value is -1.88. The Balaban J connectivity index is 1.94. The lowest BCUT2D eigenvalue weighted by atomic mass is 9.93. The molecule has 21 heavy (non-hydrogen) atoms. The number of carbonyl (C=O) groups excluding carboxylic acids is 1. The molecular formula is C16H17N3OS. The normalized spacial score (nSPS) is 20.0. The van der Waals surface area contributed by atoms with Crippen molar-refractivity contribution in [1.29, 1.82) is 0 Å². The number of anilines is 2. The number of nitrogens with two attached hydrogens (primary N) is 1. The van der Waals surface area contributed by atoms with Crippen LogP contribution >= 0.6 is 11.3 Å². The highest BCUT2D eigenvalue weighted by atomic mass is 32.1. The third kappa shape index (κ3) is 1.73. The zero-order valence-corrected chi connectivity index (χ0v) is 13.0. The summed E-state index contributed by atoms with van der Waals surface area (Å²) in [6, 6.07) is 4.33. The minimum atomic E-state index is -0.0481. The molecule has 1 amide bonds. The van der Waals surface area contributed by atoms with Gasteiger partial charge >= 0.3 is 0 Å². The molecule has 2 aliphatic rings. The molecule has 1 atom stereocenters. The van der Waals surface area contributed by atoms with Crippen LogP contribution in [-0.4, -0.2) is 17.4 Å². The van der Waals surface area contributed by atoms with Crippen LogP contribution in [0.25, 0.3) is 11.3 Å². The Morgan fingerprint density at radius 2 is 2.24 bits per heavy atom. The Labute approximate surface area is 127 Å². The maximum absolute atomic E-state index is 12.4. The number of benzene rings is 1. The number of rotatable bonds is 1. The van der Waals surface area contributed by atoms with Gasteiger partial charge in [-0.05, 0) is 49.9 Å². The highest BCUT2D eigenvalue weighted by Gasteiger charge is 2.38. The molecule has 2 aliphatic heterocycles. The quantitative estimate of drug-likeness (QED) is 0.880. The first-order valence-electron chi connectivity index (χ1n) is 7.27. The number of thiazole rings is 1. The summed E-state index contributed by atoms with van der Waals surface area (Å²) in [5.41, 5.74) is 11.5. The van der Waals surface area contributed by atoms with Gasteiger partial charge in [-0.15, -0.1) is 11.3 Å². The molecule has 0 radical (unpaired) electrons. The predicted octanol–water partition coefficient (Wildman–Crippen LogP) is 3.10. The zero-order chi connectivity index (χ0) is 14.7. The van der Waals surface area contributed by atoms with E-state index in [4.69, 9.17) is 5.73 Å². The van der Waals surface area contributed by atoms with Gasteiger partial charge in [-0.2, -0.15) is 0 Å². The minimum Gasteiger partial charge on any atom is -0.375 e. The molecule has 108 valence electrons. The van der Waals surface area contributed by atoms with Gasteiger partial charge in [-0.1, -0.05) is 0 Å². The number of aromatic nitrogens is 1. The van der Waals surface area contributed by atoms with Crippen molar-refractivity contribution >= 4 is 28.1 Å². The fourth-order valence-corrected chi connectivity index (χ4v) is 4.23. The van der Waals surface area contributed by atoms with Gasteiger partial charge in [0.1, 0.15) is 0 Å². The summed E-state index contributed by atoms with van der Waals surface area (Å²) in [5, 5.41) is 0.599. The molecule has 0 bridgehead atoms. The van der Waals surface area contributed by atoms with E-state index in [1.807, 2.05) is 18.7 Å². The fourth-order valence-electron chi connectivity index (χ4n) is 3.52. The molecule has 4 rings (SSSR count). The number of carbonyl (C=O) groups is 1. The smallest absolute Gasteiger partial charge is 0.234 e. The largest absolute Gasteiger partial charge is 0.375 e. The van der Waals surface area contributed by atoms with Crippen molar-refractivity contribution in [2.45, 2.75) is 32.6 Å². The van der Waals surface area contributed by atoms with Crippen molar-refractivity contribution in [2.24, 2.45) is 0 Å². The van der Waals surface area contributed by atoms with Crippen molar-refractivity contribution in [3.63, 3.8) is 0 Å². The van der Waals surface area contributed by atoms with Crippen LogP contribution in [0.3, 0.4) is 0 Å². The standard InChI is InChI=1S/C16H17N3OS/c1-8-12-7-11(13-9(2)21-16(17)18-13)6-10-4-3-5-19(14(10)12)15(8)20/h6-8H,3-5H2,1-2H3,(H2,17,18). The van der Waals surface area contributed by atoms with Gasteiger partial charge in [-0.3, -0.25) is 4.79 Å². The van der Waals surface area contributed by atoms with E-state index in [9.17, 15) is 4.79 Å². The topological polar surface area (TPSA) is 59.2 Å². The molecule has 0 spiro atoms. The van der Waals surface area contributed by atoms with Gasteiger partial charge in [0, 0.05) is 17.0 Å². The lowest BCUT2D eigenvalue weighted by Crippen LogP contribution is -2.32. The number of nitrogens with zero attached hydrogens (tertiary/aromatic N) is 2. The molecule has 0 aliphatic carbocycles. The average Bonchev–Trinajstić information content (AvgIpc) is 2.93. The number of amides is 1. The molecule has 1 aromatic heterocycles. The van der Waals surface area contributed by atoms with Crippen LogP contribution in [0.5, 0.6) is 0 Å². The van der Waals surface area contributed by atoms with Crippen molar-refractivity contribution < 1.29 is 4.79 Å². The van der Waals surface area contributed by atoms with Crippen LogP contribution in [0.15, 0.2) is 12.1 Å². The monoisotopic (exact) mass is 299 g/mol. The van der Waals surface area contributed by atoms with Crippen LogP contribution in [-0.2, 0) is 11.2 Å². The van der Waals surface area contributed by atoms with E-state index in [0.717, 1.165) is 46.8 Å². The summed E-state index contributed by atoms with van der Waals surface area (Å²) in [6.07, 6.45) is 2.07. The van der Waals surface area contributed by atoms with E-state index >= 15 is 0 Å². The molecule has 0 saturated carbocycles. The first-order chi connectivity index (χ1) is 10.1. The molecule has 2 aromatic rings. The Kier molecular flexibility index (Phi) is 2.63. The molecular weight excluding hydrogens is 282 g/mol. The lowest BCUT2D eigenvalue weighted by Gasteiger charge is -2.25. The van der Waals surface area contributed by atoms with Gasteiger partial charge in [-0.25, -0.2) is 4.98 Å². The van der Waals surface area contributed by atoms with Gasteiger partial charge in [0.2, 0.25) is 5.91 Å².